The van der Waals surface area contributed by atoms with Crippen LogP contribution in [0.1, 0.15) is 12.8 Å². The van der Waals surface area contributed by atoms with Crippen molar-refractivity contribution in [3.63, 3.8) is 0 Å². The Kier molecular flexibility index (Phi) is 7.83. The molecule has 142 valence electrons. The van der Waals surface area contributed by atoms with Gasteiger partial charge in [-0.1, -0.05) is 23.2 Å². The molecule has 0 unspecified atom stereocenters. The quantitative estimate of drug-likeness (QED) is 0.801. The molecule has 0 atom stereocenters. The summed E-state index contributed by atoms with van der Waals surface area (Å²) in [7, 11) is -3.59. The molecule has 1 aromatic rings. The number of benzene rings is 1. The highest BCUT2D eigenvalue weighted by Gasteiger charge is 2.31. The molecule has 1 N–H and O–H groups in total. The van der Waals surface area contributed by atoms with Gasteiger partial charge < -0.3 is 10.2 Å². The number of hydrogen-bond acceptors (Lipinski definition) is 4. The topological polar surface area (TPSA) is 52.7 Å². The van der Waals surface area contributed by atoms with Gasteiger partial charge in [0.15, 0.2) is 0 Å². The van der Waals surface area contributed by atoms with Crippen LogP contribution >= 0.6 is 35.6 Å². The van der Waals surface area contributed by atoms with Crippen molar-refractivity contribution in [2.45, 2.75) is 17.7 Å². The van der Waals surface area contributed by atoms with Gasteiger partial charge in [0.05, 0.1) is 5.02 Å². The van der Waals surface area contributed by atoms with Crippen molar-refractivity contribution in [2.75, 3.05) is 45.8 Å². The molecule has 0 saturated carbocycles. The van der Waals surface area contributed by atoms with Gasteiger partial charge >= 0.3 is 0 Å². The lowest BCUT2D eigenvalue weighted by Gasteiger charge is -2.36. The van der Waals surface area contributed by atoms with E-state index in [2.05, 4.69) is 10.2 Å². The maximum atomic E-state index is 12.8. The van der Waals surface area contributed by atoms with E-state index in [1.165, 1.54) is 29.3 Å². The van der Waals surface area contributed by atoms with Gasteiger partial charge in [0.25, 0.3) is 0 Å². The predicted molar refractivity (Wildman–Crippen MR) is 105 cm³/mol. The first-order valence-corrected chi connectivity index (χ1v) is 10.5. The molecule has 2 saturated heterocycles. The Morgan fingerprint density at radius 1 is 1.08 bits per heavy atom. The molecule has 0 amide bonds. The van der Waals surface area contributed by atoms with Crippen molar-refractivity contribution in [3.05, 3.63) is 28.2 Å². The summed E-state index contributed by atoms with van der Waals surface area (Å²) in [5.74, 6) is 0.719. The van der Waals surface area contributed by atoms with Crippen LogP contribution in [0.25, 0.3) is 0 Å². The number of halogens is 3. The van der Waals surface area contributed by atoms with Crippen molar-refractivity contribution < 1.29 is 8.42 Å². The van der Waals surface area contributed by atoms with Gasteiger partial charge in [-0.15, -0.1) is 12.4 Å². The van der Waals surface area contributed by atoms with Gasteiger partial charge in [-0.25, -0.2) is 8.42 Å². The molecular formula is C16H24Cl3N3O2S. The van der Waals surface area contributed by atoms with Gasteiger partial charge in [-0.2, -0.15) is 4.31 Å². The molecule has 0 radical (unpaired) electrons. The highest BCUT2D eigenvalue weighted by molar-refractivity contribution is 7.89. The fourth-order valence-corrected chi connectivity index (χ4v) is 5.56. The minimum Gasteiger partial charge on any atom is -0.317 e. The van der Waals surface area contributed by atoms with Crippen molar-refractivity contribution in [2.24, 2.45) is 5.92 Å². The first kappa shape index (κ1) is 21.2. The Morgan fingerprint density at radius 2 is 1.72 bits per heavy atom. The molecule has 0 aromatic heterocycles. The molecule has 5 nitrogen and oxygen atoms in total. The third kappa shape index (κ3) is 5.22. The lowest BCUT2D eigenvalue weighted by molar-refractivity contribution is 0.152. The first-order chi connectivity index (χ1) is 11.5. The molecular weight excluding hydrogens is 405 g/mol. The fraction of sp³-hybridized carbons (Fsp3) is 0.625. The minimum absolute atomic E-state index is 0. The van der Waals surface area contributed by atoms with Gasteiger partial charge in [0.1, 0.15) is 4.90 Å². The summed E-state index contributed by atoms with van der Waals surface area (Å²) in [6, 6.07) is 4.56. The number of sulfonamides is 1. The third-order valence-electron chi connectivity index (χ3n) is 4.82. The van der Waals surface area contributed by atoms with E-state index in [0.29, 0.717) is 18.1 Å². The van der Waals surface area contributed by atoms with Crippen LogP contribution in [-0.2, 0) is 10.0 Å². The van der Waals surface area contributed by atoms with Crippen LogP contribution in [0.15, 0.2) is 23.1 Å². The Labute approximate surface area is 166 Å². The van der Waals surface area contributed by atoms with E-state index in [-0.39, 0.29) is 22.3 Å². The number of nitrogens with zero attached hydrogens (tertiary/aromatic N) is 2. The highest BCUT2D eigenvalue weighted by Crippen LogP contribution is 2.28. The molecule has 2 aliphatic rings. The molecule has 0 aliphatic carbocycles. The second-order valence-corrected chi connectivity index (χ2v) is 9.22. The normalized spacial score (nSPS) is 21.0. The van der Waals surface area contributed by atoms with E-state index in [1.807, 2.05) is 0 Å². The van der Waals surface area contributed by atoms with Gasteiger partial charge in [-0.3, -0.25) is 0 Å². The number of piperidine rings is 1. The smallest absolute Gasteiger partial charge is 0.244 e. The highest BCUT2D eigenvalue weighted by atomic mass is 35.5. The van der Waals surface area contributed by atoms with Crippen LogP contribution in [0.5, 0.6) is 0 Å². The lowest BCUT2D eigenvalue weighted by atomic mass is 9.97. The standard InChI is InChI=1S/C16H23Cl2N3O2S.ClH/c17-14-1-2-15(18)16(11-14)24(22,23)21-9-7-20(8-10-21)12-13-3-5-19-6-4-13;/h1-2,11,13,19H,3-10,12H2;1H. The van der Waals surface area contributed by atoms with Crippen LogP contribution in [-0.4, -0.2) is 63.4 Å². The van der Waals surface area contributed by atoms with Crippen molar-refractivity contribution in [1.82, 2.24) is 14.5 Å². The zero-order valence-corrected chi connectivity index (χ0v) is 17.1. The average molecular weight is 429 g/mol. The molecule has 1 aromatic carbocycles. The minimum atomic E-state index is -3.59. The number of hydrogen-bond donors (Lipinski definition) is 1. The molecule has 0 bridgehead atoms. The van der Waals surface area contributed by atoms with Crippen LogP contribution in [0.4, 0.5) is 0 Å². The summed E-state index contributed by atoms with van der Waals surface area (Å²) in [6.45, 7) is 5.76. The van der Waals surface area contributed by atoms with Gasteiger partial charge in [0.2, 0.25) is 10.0 Å². The number of piperazine rings is 1. The molecule has 9 heteroatoms. The average Bonchev–Trinajstić information content (AvgIpc) is 2.58. The summed E-state index contributed by atoms with van der Waals surface area (Å²) in [5, 5.41) is 3.97. The third-order valence-corrected chi connectivity index (χ3v) is 7.43. The van der Waals surface area contributed by atoms with Crippen LogP contribution in [0, 0.1) is 5.92 Å². The van der Waals surface area contributed by atoms with Crippen LogP contribution in [0.2, 0.25) is 10.0 Å². The lowest BCUT2D eigenvalue weighted by Crippen LogP contribution is -2.50. The number of nitrogens with one attached hydrogen (secondary N) is 1. The van der Waals surface area contributed by atoms with Crippen molar-refractivity contribution >= 4 is 45.6 Å². The Balaban J connectivity index is 0.00000225. The maximum absolute atomic E-state index is 12.8. The summed E-state index contributed by atoms with van der Waals surface area (Å²) < 4.78 is 27.1. The van der Waals surface area contributed by atoms with E-state index in [9.17, 15) is 8.42 Å². The first-order valence-electron chi connectivity index (χ1n) is 8.35. The van der Waals surface area contributed by atoms with Gasteiger partial charge in [-0.05, 0) is 50.0 Å². The van der Waals surface area contributed by atoms with Crippen molar-refractivity contribution in [3.8, 4) is 0 Å². The van der Waals surface area contributed by atoms with Gasteiger partial charge in [0, 0.05) is 37.7 Å². The monoisotopic (exact) mass is 427 g/mol. The van der Waals surface area contributed by atoms with Crippen LogP contribution < -0.4 is 5.32 Å². The molecule has 25 heavy (non-hydrogen) atoms. The van der Waals surface area contributed by atoms with E-state index in [0.717, 1.165) is 38.6 Å². The maximum Gasteiger partial charge on any atom is 0.244 e. The largest absolute Gasteiger partial charge is 0.317 e. The zero-order chi connectivity index (χ0) is 17.2. The SMILES string of the molecule is Cl.O=S(=O)(c1cc(Cl)ccc1Cl)N1CCN(CC2CCNCC2)CC1. The number of rotatable bonds is 4. The van der Waals surface area contributed by atoms with E-state index < -0.39 is 10.0 Å². The summed E-state index contributed by atoms with van der Waals surface area (Å²) in [5.41, 5.74) is 0. The summed E-state index contributed by atoms with van der Waals surface area (Å²) >= 11 is 12.0. The summed E-state index contributed by atoms with van der Waals surface area (Å²) in [4.78, 5) is 2.48. The van der Waals surface area contributed by atoms with E-state index in [1.54, 1.807) is 6.07 Å². The van der Waals surface area contributed by atoms with E-state index in [4.69, 9.17) is 23.2 Å². The predicted octanol–water partition coefficient (Wildman–Crippen LogP) is 2.72. The second kappa shape index (κ2) is 9.22. The molecule has 0 spiro atoms. The summed E-state index contributed by atoms with van der Waals surface area (Å²) in [6.07, 6.45) is 2.41. The van der Waals surface area contributed by atoms with E-state index >= 15 is 0 Å². The van der Waals surface area contributed by atoms with Crippen molar-refractivity contribution in [1.29, 1.82) is 0 Å². The molecule has 2 heterocycles. The Bertz CT molecular complexity index is 673. The second-order valence-electron chi connectivity index (χ2n) is 6.47. The zero-order valence-electron chi connectivity index (χ0n) is 14.0. The molecule has 2 fully saturated rings. The Morgan fingerprint density at radius 3 is 2.36 bits per heavy atom. The molecule has 3 rings (SSSR count). The fourth-order valence-electron chi connectivity index (χ4n) is 3.40. The Hall–Kier alpha value is -0.0800. The molecule has 2 aliphatic heterocycles. The van der Waals surface area contributed by atoms with Crippen LogP contribution in [0.3, 0.4) is 0 Å².